The highest BCUT2D eigenvalue weighted by molar-refractivity contribution is 8.01. The van der Waals surface area contributed by atoms with Crippen molar-refractivity contribution in [1.82, 2.24) is 34.8 Å². The second-order valence-electron chi connectivity index (χ2n) is 7.23. The molecule has 2 atom stereocenters. The number of nitrogen functional groups attached to an aromatic ring is 1. The molecule has 0 unspecified atom stereocenters. The Hall–Kier alpha value is -3.70. The molecular weight excluding hydrogens is 518 g/mol. The molecule has 0 aromatic carbocycles. The largest absolute Gasteiger partial charge is 0.477 e. The van der Waals surface area contributed by atoms with E-state index in [0.29, 0.717) is 27.9 Å². The number of hydrogen-bond donors (Lipinski definition) is 4. The van der Waals surface area contributed by atoms with E-state index in [0.717, 1.165) is 11.3 Å². The van der Waals surface area contributed by atoms with E-state index in [-0.39, 0.29) is 16.5 Å². The van der Waals surface area contributed by atoms with Crippen molar-refractivity contribution in [3.63, 3.8) is 0 Å². The summed E-state index contributed by atoms with van der Waals surface area (Å²) in [6, 6.07) is 0.776. The van der Waals surface area contributed by atoms with Crippen LogP contribution in [-0.4, -0.2) is 86.2 Å². The van der Waals surface area contributed by atoms with Gasteiger partial charge in [-0.1, -0.05) is 5.16 Å². The summed E-state index contributed by atoms with van der Waals surface area (Å²) in [6.07, 6.45) is 3.27. The number of nitrogens with zero attached hydrogens (tertiary/aromatic N) is 7. The number of carbonyl (C=O) groups is 3. The minimum atomic E-state index is -1.24. The summed E-state index contributed by atoms with van der Waals surface area (Å²) < 4.78 is 1.65. The van der Waals surface area contributed by atoms with E-state index in [4.69, 9.17) is 5.73 Å². The maximum Gasteiger partial charge on any atom is 0.352 e. The molecule has 3 aromatic heterocycles. The number of aliphatic carboxylic acids is 1. The van der Waals surface area contributed by atoms with E-state index in [9.17, 15) is 24.7 Å². The quantitative estimate of drug-likeness (QED) is 0.0784. The molecule has 1 fully saturated rings. The third-order valence-electron chi connectivity index (χ3n) is 5.15. The van der Waals surface area contributed by atoms with Crippen LogP contribution in [0.4, 0.5) is 5.13 Å². The number of fused-ring (bicyclic) bond motifs is 2. The molecule has 0 saturated carbocycles. The molecule has 5 heterocycles. The first-order valence-corrected chi connectivity index (χ1v) is 12.7. The molecule has 35 heavy (non-hydrogen) atoms. The Morgan fingerprint density at radius 1 is 1.37 bits per heavy atom. The summed E-state index contributed by atoms with van der Waals surface area (Å²) in [5.41, 5.74) is 5.68. The van der Waals surface area contributed by atoms with Gasteiger partial charge < -0.3 is 21.4 Å². The Morgan fingerprint density at radius 3 is 2.91 bits per heavy atom. The number of nitrogens with two attached hydrogens (primary N) is 1. The second-order valence-corrected chi connectivity index (χ2v) is 10.2. The van der Waals surface area contributed by atoms with Crippen LogP contribution >= 0.6 is 34.9 Å². The van der Waals surface area contributed by atoms with Crippen LogP contribution in [0.3, 0.4) is 0 Å². The van der Waals surface area contributed by atoms with Gasteiger partial charge in [0.1, 0.15) is 34.2 Å². The highest BCUT2D eigenvalue weighted by atomic mass is 32.2. The number of nitrogens with one attached hydrogen (secondary N) is 1. The lowest BCUT2D eigenvalue weighted by Gasteiger charge is -2.49. The van der Waals surface area contributed by atoms with Crippen LogP contribution in [0, 0.1) is 0 Å². The maximum absolute atomic E-state index is 12.9. The number of oxime groups is 1. The summed E-state index contributed by atoms with van der Waals surface area (Å²) >= 11 is 3.71. The van der Waals surface area contributed by atoms with Crippen LogP contribution in [0.2, 0.25) is 0 Å². The monoisotopic (exact) mass is 533 g/mol. The van der Waals surface area contributed by atoms with Crippen LogP contribution in [0.1, 0.15) is 5.69 Å². The lowest BCUT2D eigenvalue weighted by molar-refractivity contribution is -0.150. The van der Waals surface area contributed by atoms with Gasteiger partial charge in [0.2, 0.25) is 0 Å². The first-order valence-electron chi connectivity index (χ1n) is 9.81. The zero-order valence-electron chi connectivity index (χ0n) is 17.4. The molecule has 3 aromatic rings. The predicted octanol–water partition coefficient (Wildman–Crippen LogP) is -0.128. The number of carboxylic acid groups (broad SMARTS) is 1. The molecule has 5 N–H and O–H groups in total. The van der Waals surface area contributed by atoms with E-state index in [2.05, 4.69) is 30.6 Å². The van der Waals surface area contributed by atoms with Crippen LogP contribution in [0.15, 0.2) is 45.4 Å². The first-order chi connectivity index (χ1) is 16.9. The van der Waals surface area contributed by atoms with Gasteiger partial charge >= 0.3 is 5.97 Å². The molecule has 0 bridgehead atoms. The Labute approximate surface area is 208 Å². The predicted molar refractivity (Wildman–Crippen MR) is 126 cm³/mol. The molecule has 5 rings (SSSR count). The molecule has 2 aliphatic rings. The molecule has 2 amide bonds. The van der Waals surface area contributed by atoms with Crippen molar-refractivity contribution in [2.45, 2.75) is 16.4 Å². The zero-order valence-corrected chi connectivity index (χ0v) is 19.9. The van der Waals surface area contributed by atoms with Gasteiger partial charge in [-0.15, -0.1) is 45.1 Å². The van der Waals surface area contributed by atoms with Crippen LogP contribution in [0.25, 0.3) is 5.78 Å². The van der Waals surface area contributed by atoms with Crippen molar-refractivity contribution in [2.24, 2.45) is 5.16 Å². The Morgan fingerprint density at radius 2 is 2.20 bits per heavy atom. The van der Waals surface area contributed by atoms with E-state index in [1.807, 2.05) is 0 Å². The molecule has 17 heteroatoms. The molecule has 0 aliphatic carbocycles. The van der Waals surface area contributed by atoms with Gasteiger partial charge in [-0.3, -0.25) is 18.9 Å². The number of rotatable bonds is 7. The lowest BCUT2D eigenvalue weighted by Crippen LogP contribution is -2.71. The summed E-state index contributed by atoms with van der Waals surface area (Å²) in [6.45, 7) is 0. The fourth-order valence-electron chi connectivity index (χ4n) is 3.56. The van der Waals surface area contributed by atoms with Gasteiger partial charge in [-0.25, -0.2) is 14.8 Å². The Balaban J connectivity index is 1.30. The SMILES string of the molecule is Nc1nc(C(=NO)C(=O)N[C@@H]2C(=O)N3C(C(=O)O)=C(CSc4ccn5cnnc5n4)CS[C@H]23)cs1. The van der Waals surface area contributed by atoms with Gasteiger partial charge in [0, 0.05) is 23.1 Å². The standard InChI is InChI=1S/C18H15N9O5S3/c19-17-21-8(5-35-17)10(25-32)13(28)23-11-14(29)27-12(16(30)31)7(4-34-15(11)27)3-33-9-1-2-26-6-20-24-18(26)22-9/h1-2,5-6,11,15,32H,3-4H2,(H2,19,21)(H,23,28)(H,30,31)/t11-,15-/m1/s1. The highest BCUT2D eigenvalue weighted by Crippen LogP contribution is 2.41. The number of amides is 2. The minimum Gasteiger partial charge on any atom is -0.477 e. The number of carbonyl (C=O) groups excluding carboxylic acids is 2. The van der Waals surface area contributed by atoms with Gasteiger partial charge in [-0.05, 0) is 11.6 Å². The molecule has 180 valence electrons. The zero-order chi connectivity index (χ0) is 24.7. The van der Waals surface area contributed by atoms with Crippen LogP contribution in [-0.2, 0) is 14.4 Å². The molecular formula is C18H15N9O5S3. The number of anilines is 1. The minimum absolute atomic E-state index is 0.0655. The molecule has 0 radical (unpaired) electrons. The van der Waals surface area contributed by atoms with Crippen molar-refractivity contribution in [1.29, 1.82) is 0 Å². The lowest BCUT2D eigenvalue weighted by atomic mass is 10.0. The van der Waals surface area contributed by atoms with Crippen molar-refractivity contribution in [2.75, 3.05) is 17.2 Å². The molecule has 14 nitrogen and oxygen atoms in total. The van der Waals surface area contributed by atoms with Crippen LogP contribution < -0.4 is 11.1 Å². The number of thioether (sulfide) groups is 2. The van der Waals surface area contributed by atoms with Gasteiger partial charge in [0.25, 0.3) is 17.6 Å². The van der Waals surface area contributed by atoms with Gasteiger partial charge in [0.05, 0.1) is 0 Å². The highest BCUT2D eigenvalue weighted by Gasteiger charge is 2.54. The fraction of sp³-hybridized carbons (Fsp3) is 0.222. The number of hydrogen-bond acceptors (Lipinski definition) is 13. The number of aromatic nitrogens is 5. The molecule has 0 spiro atoms. The van der Waals surface area contributed by atoms with Crippen molar-refractivity contribution < 1.29 is 24.7 Å². The van der Waals surface area contributed by atoms with E-state index in [1.54, 1.807) is 16.7 Å². The number of carboxylic acids is 1. The van der Waals surface area contributed by atoms with Crippen molar-refractivity contribution in [3.05, 3.63) is 40.9 Å². The van der Waals surface area contributed by atoms with Gasteiger partial charge in [0.15, 0.2) is 10.8 Å². The Bertz CT molecular complexity index is 1420. The number of thiazole rings is 1. The van der Waals surface area contributed by atoms with E-state index >= 15 is 0 Å². The van der Waals surface area contributed by atoms with Crippen molar-refractivity contribution in [3.8, 4) is 0 Å². The summed E-state index contributed by atoms with van der Waals surface area (Å²) in [7, 11) is 0. The van der Waals surface area contributed by atoms with Crippen LogP contribution in [0.5, 0.6) is 0 Å². The summed E-state index contributed by atoms with van der Waals surface area (Å²) in [4.78, 5) is 47.0. The average molecular weight is 534 g/mol. The molecule has 2 aliphatic heterocycles. The normalized spacial score (nSPS) is 20.1. The summed E-state index contributed by atoms with van der Waals surface area (Å²) in [5, 5.41) is 33.9. The Kier molecular flexibility index (Phi) is 6.03. The smallest absolute Gasteiger partial charge is 0.352 e. The fourth-order valence-corrected chi connectivity index (χ4v) is 6.44. The van der Waals surface area contributed by atoms with Gasteiger partial charge in [-0.2, -0.15) is 0 Å². The molecule has 1 saturated heterocycles. The third-order valence-corrected chi connectivity index (χ3v) is 8.18. The summed E-state index contributed by atoms with van der Waals surface area (Å²) in [5.74, 6) is -1.58. The van der Waals surface area contributed by atoms with E-state index in [1.165, 1.54) is 40.1 Å². The van der Waals surface area contributed by atoms with E-state index < -0.39 is 34.9 Å². The average Bonchev–Trinajstić information content (AvgIpc) is 3.49. The first kappa shape index (κ1) is 23.1. The second kappa shape index (κ2) is 9.16. The number of β-lactam (4-membered cyclic amide) rings is 1. The maximum atomic E-state index is 12.9. The van der Waals surface area contributed by atoms with Crippen molar-refractivity contribution >= 4 is 69.3 Å². The topological polar surface area (TPSA) is 201 Å². The third kappa shape index (κ3) is 4.17.